The predicted molar refractivity (Wildman–Crippen MR) is 124 cm³/mol. The van der Waals surface area contributed by atoms with Crippen LogP contribution in [-0.2, 0) is 12.8 Å². The summed E-state index contributed by atoms with van der Waals surface area (Å²) < 4.78 is 5.99. The molecule has 2 aromatic carbocycles. The average molecular weight is 438 g/mol. The minimum Gasteiger partial charge on any atom is -0.492 e. The maximum Gasteiger partial charge on any atom is 0.119 e. The van der Waals surface area contributed by atoms with Crippen molar-refractivity contribution in [3.8, 4) is 5.75 Å². The van der Waals surface area contributed by atoms with Gasteiger partial charge in [-0.1, -0.05) is 42.3 Å². The topological polar surface area (TPSA) is 32.7 Å². The largest absolute Gasteiger partial charge is 0.492 e. The maximum absolute atomic E-state index is 9.93. The van der Waals surface area contributed by atoms with Gasteiger partial charge in [0.25, 0.3) is 0 Å². The van der Waals surface area contributed by atoms with Gasteiger partial charge in [-0.3, -0.25) is 4.90 Å². The first kappa shape index (κ1) is 24.0. The molecule has 160 valence electrons. The fourth-order valence-corrected chi connectivity index (χ4v) is 4.09. The highest BCUT2D eigenvalue weighted by molar-refractivity contribution is 6.30. The molecule has 1 fully saturated rings. The summed E-state index contributed by atoms with van der Waals surface area (Å²) in [7, 11) is 0. The number of piperidine rings is 1. The fourth-order valence-electron chi connectivity index (χ4n) is 3.96. The molecule has 1 aliphatic rings. The number of likely N-dealkylation sites (tertiary alicyclic amines) is 1. The number of halogens is 2. The van der Waals surface area contributed by atoms with E-state index in [1.165, 1.54) is 24.8 Å². The van der Waals surface area contributed by atoms with Crippen LogP contribution in [0.2, 0.25) is 5.02 Å². The van der Waals surface area contributed by atoms with Crippen molar-refractivity contribution in [2.45, 2.75) is 57.6 Å². The Morgan fingerprint density at radius 2 is 1.69 bits per heavy atom. The Kier molecular flexibility index (Phi) is 9.29. The van der Waals surface area contributed by atoms with Gasteiger partial charge in [-0.15, -0.1) is 12.4 Å². The van der Waals surface area contributed by atoms with E-state index < -0.39 is 5.60 Å². The maximum atomic E-state index is 9.93. The minimum atomic E-state index is -0.685. The zero-order valence-corrected chi connectivity index (χ0v) is 19.0. The summed E-state index contributed by atoms with van der Waals surface area (Å²) in [4.78, 5) is 2.57. The molecule has 0 radical (unpaired) electrons. The molecule has 1 saturated heterocycles. The van der Waals surface area contributed by atoms with Crippen LogP contribution in [0.4, 0.5) is 0 Å². The van der Waals surface area contributed by atoms with Crippen LogP contribution in [0.25, 0.3) is 0 Å². The monoisotopic (exact) mass is 437 g/mol. The number of nitrogens with zero attached hydrogens (tertiary/aromatic N) is 1. The molecule has 1 heterocycles. The van der Waals surface area contributed by atoms with Gasteiger partial charge in [-0.05, 0) is 75.0 Å². The molecular formula is C24H33Cl2NO2. The summed E-state index contributed by atoms with van der Waals surface area (Å²) in [6.07, 6.45) is 5.53. The van der Waals surface area contributed by atoms with Gasteiger partial charge in [0.1, 0.15) is 12.4 Å². The molecule has 1 aliphatic heterocycles. The van der Waals surface area contributed by atoms with Gasteiger partial charge >= 0.3 is 0 Å². The van der Waals surface area contributed by atoms with Crippen LogP contribution in [0.3, 0.4) is 0 Å². The van der Waals surface area contributed by atoms with Gasteiger partial charge in [0.05, 0.1) is 5.60 Å². The Morgan fingerprint density at radius 1 is 1.03 bits per heavy atom. The van der Waals surface area contributed by atoms with Crippen LogP contribution in [-0.4, -0.2) is 41.3 Å². The molecule has 5 heteroatoms. The number of benzene rings is 2. The number of aliphatic hydroxyl groups is 1. The van der Waals surface area contributed by atoms with E-state index in [9.17, 15) is 5.11 Å². The molecule has 3 rings (SSSR count). The number of ether oxygens (including phenoxy) is 1. The molecule has 0 amide bonds. The van der Waals surface area contributed by atoms with Crippen molar-refractivity contribution >= 4 is 24.0 Å². The number of hydrogen-bond donors (Lipinski definition) is 1. The van der Waals surface area contributed by atoms with Crippen LogP contribution >= 0.6 is 24.0 Å². The number of hydrogen-bond acceptors (Lipinski definition) is 3. The van der Waals surface area contributed by atoms with Crippen molar-refractivity contribution < 1.29 is 9.84 Å². The van der Waals surface area contributed by atoms with Crippen molar-refractivity contribution in [3.05, 3.63) is 64.7 Å². The molecule has 1 atom stereocenters. The third kappa shape index (κ3) is 8.18. The van der Waals surface area contributed by atoms with E-state index in [2.05, 4.69) is 17.0 Å². The molecule has 0 spiro atoms. The fraction of sp³-hybridized carbons (Fsp3) is 0.500. The van der Waals surface area contributed by atoms with E-state index >= 15 is 0 Å². The lowest BCUT2D eigenvalue weighted by molar-refractivity contribution is 0.0809. The van der Waals surface area contributed by atoms with E-state index in [1.807, 2.05) is 50.2 Å². The van der Waals surface area contributed by atoms with Crippen molar-refractivity contribution in [1.82, 2.24) is 4.90 Å². The van der Waals surface area contributed by atoms with Crippen LogP contribution in [0.5, 0.6) is 5.75 Å². The molecule has 1 N–H and O–H groups in total. The van der Waals surface area contributed by atoms with E-state index in [0.717, 1.165) is 35.8 Å². The lowest BCUT2D eigenvalue weighted by Crippen LogP contribution is -2.43. The van der Waals surface area contributed by atoms with Gasteiger partial charge in [0, 0.05) is 24.0 Å². The Bertz CT molecular complexity index is 726. The summed E-state index contributed by atoms with van der Waals surface area (Å²) in [5.41, 5.74) is 1.79. The molecule has 3 nitrogen and oxygen atoms in total. The van der Waals surface area contributed by atoms with Crippen molar-refractivity contribution in [2.24, 2.45) is 0 Å². The Hall–Kier alpha value is -1.26. The first-order valence-electron chi connectivity index (χ1n) is 10.3. The molecule has 0 aromatic heterocycles. The Labute approximate surface area is 186 Å². The summed E-state index contributed by atoms with van der Waals surface area (Å²) in [6.45, 7) is 6.45. The lowest BCUT2D eigenvalue weighted by atomic mass is 9.95. The zero-order chi connectivity index (χ0) is 20.0. The van der Waals surface area contributed by atoms with Crippen LogP contribution < -0.4 is 4.74 Å². The van der Waals surface area contributed by atoms with Crippen molar-refractivity contribution in [1.29, 1.82) is 0 Å². The molecule has 29 heavy (non-hydrogen) atoms. The minimum absolute atomic E-state index is 0. The predicted octanol–water partition coefficient (Wildman–Crippen LogP) is 5.55. The summed E-state index contributed by atoms with van der Waals surface area (Å²) >= 11 is 6.01. The second-order valence-electron chi connectivity index (χ2n) is 8.50. The summed E-state index contributed by atoms with van der Waals surface area (Å²) in [5.74, 6) is 0.894. The van der Waals surface area contributed by atoms with Crippen molar-refractivity contribution in [2.75, 3.05) is 19.7 Å². The summed E-state index contributed by atoms with van der Waals surface area (Å²) in [5, 5.41) is 10.7. The highest BCUT2D eigenvalue weighted by Gasteiger charge is 2.22. The molecule has 0 bridgehead atoms. The second-order valence-corrected chi connectivity index (χ2v) is 8.93. The van der Waals surface area contributed by atoms with Gasteiger partial charge in [0.2, 0.25) is 0 Å². The van der Waals surface area contributed by atoms with Gasteiger partial charge in [-0.25, -0.2) is 0 Å². The molecule has 0 aliphatic carbocycles. The first-order valence-corrected chi connectivity index (χ1v) is 10.7. The van der Waals surface area contributed by atoms with E-state index in [4.69, 9.17) is 16.3 Å². The highest BCUT2D eigenvalue weighted by atomic mass is 35.5. The third-order valence-corrected chi connectivity index (χ3v) is 5.59. The third-order valence-electron chi connectivity index (χ3n) is 5.34. The van der Waals surface area contributed by atoms with Crippen LogP contribution in [0.1, 0.15) is 44.2 Å². The Balaban J connectivity index is 0.00000300. The zero-order valence-electron chi connectivity index (χ0n) is 17.4. The second kappa shape index (κ2) is 11.2. The molecule has 2 aromatic rings. The first-order chi connectivity index (χ1) is 13.4. The van der Waals surface area contributed by atoms with Crippen LogP contribution in [0, 0.1) is 0 Å². The standard InChI is InChI=1S/C24H32ClNO2.ClH/c1-24(2,27)18-20-8-12-23(13-9-20)28-16-15-26-14-4-3-5-22(26)17-19-6-10-21(25)11-7-19;/h6-13,22,27H,3-5,14-18H2,1-2H3;1H. The average Bonchev–Trinajstić information content (AvgIpc) is 2.65. The highest BCUT2D eigenvalue weighted by Crippen LogP contribution is 2.22. The smallest absolute Gasteiger partial charge is 0.119 e. The SMILES string of the molecule is CC(C)(O)Cc1ccc(OCCN2CCCCC2Cc2ccc(Cl)cc2)cc1.Cl. The normalized spacial score (nSPS) is 17.6. The quantitative estimate of drug-likeness (QED) is 0.587. The Morgan fingerprint density at radius 3 is 2.34 bits per heavy atom. The molecular weight excluding hydrogens is 405 g/mol. The molecule has 0 saturated carbocycles. The van der Waals surface area contributed by atoms with Gasteiger partial charge in [-0.2, -0.15) is 0 Å². The lowest BCUT2D eigenvalue weighted by Gasteiger charge is -2.35. The van der Waals surface area contributed by atoms with Gasteiger partial charge in [0.15, 0.2) is 0 Å². The van der Waals surface area contributed by atoms with E-state index in [0.29, 0.717) is 19.1 Å². The summed E-state index contributed by atoms with van der Waals surface area (Å²) in [6, 6.07) is 16.9. The molecule has 1 unspecified atom stereocenters. The van der Waals surface area contributed by atoms with E-state index in [1.54, 1.807) is 0 Å². The number of rotatable bonds is 8. The van der Waals surface area contributed by atoms with Gasteiger partial charge < -0.3 is 9.84 Å². The van der Waals surface area contributed by atoms with Crippen molar-refractivity contribution in [3.63, 3.8) is 0 Å². The van der Waals surface area contributed by atoms with Crippen LogP contribution in [0.15, 0.2) is 48.5 Å². The van der Waals surface area contributed by atoms with E-state index in [-0.39, 0.29) is 12.4 Å².